The third-order valence-electron chi connectivity index (χ3n) is 3.77. The number of aromatic nitrogens is 2. The molecule has 0 aliphatic rings. The summed E-state index contributed by atoms with van der Waals surface area (Å²) in [6.07, 6.45) is 0. The standard InChI is InChI=1S/C20H16N2O3S/c1-23-15-9-7-14(8-10-15)19-21-20(25-22-19)18-12-11-16(24-18)13-26-17-5-3-2-4-6-17/h2-12H,13H2,1H3. The van der Waals surface area contributed by atoms with E-state index >= 15 is 0 Å². The molecule has 0 N–H and O–H groups in total. The predicted molar refractivity (Wildman–Crippen MR) is 100.0 cm³/mol. The highest BCUT2D eigenvalue weighted by Gasteiger charge is 2.14. The number of furan rings is 1. The van der Waals surface area contributed by atoms with Gasteiger partial charge in [-0.1, -0.05) is 23.4 Å². The smallest absolute Gasteiger partial charge is 0.293 e. The molecule has 0 spiro atoms. The van der Waals surface area contributed by atoms with Gasteiger partial charge in [-0.3, -0.25) is 0 Å². The number of thioether (sulfide) groups is 1. The molecule has 0 atom stereocenters. The molecule has 5 nitrogen and oxygen atoms in total. The molecule has 2 heterocycles. The zero-order chi connectivity index (χ0) is 17.8. The van der Waals surface area contributed by atoms with Crippen molar-refractivity contribution in [2.24, 2.45) is 0 Å². The van der Waals surface area contributed by atoms with Crippen LogP contribution in [-0.2, 0) is 5.75 Å². The minimum atomic E-state index is 0.367. The lowest BCUT2D eigenvalue weighted by atomic mass is 10.2. The van der Waals surface area contributed by atoms with Gasteiger partial charge in [0.25, 0.3) is 5.89 Å². The molecule has 2 aromatic heterocycles. The van der Waals surface area contributed by atoms with Crippen molar-refractivity contribution in [1.29, 1.82) is 0 Å². The zero-order valence-corrected chi connectivity index (χ0v) is 14.9. The molecule has 4 aromatic rings. The summed E-state index contributed by atoms with van der Waals surface area (Å²) in [5.74, 6) is 3.83. The summed E-state index contributed by atoms with van der Waals surface area (Å²) in [5.41, 5.74) is 0.854. The predicted octanol–water partition coefficient (Wildman–Crippen LogP) is 5.30. The molecular weight excluding hydrogens is 348 g/mol. The van der Waals surface area contributed by atoms with E-state index in [9.17, 15) is 0 Å². The summed E-state index contributed by atoms with van der Waals surface area (Å²) in [6.45, 7) is 0. The Balaban J connectivity index is 1.46. The summed E-state index contributed by atoms with van der Waals surface area (Å²) in [6, 6.07) is 21.5. The summed E-state index contributed by atoms with van der Waals surface area (Å²) < 4.78 is 16.3. The molecule has 6 heteroatoms. The Morgan fingerprint density at radius 1 is 0.962 bits per heavy atom. The van der Waals surface area contributed by atoms with Gasteiger partial charge in [0.05, 0.1) is 12.9 Å². The van der Waals surface area contributed by atoms with E-state index in [2.05, 4.69) is 22.3 Å². The van der Waals surface area contributed by atoms with Crippen LogP contribution in [0.25, 0.3) is 23.0 Å². The van der Waals surface area contributed by atoms with Crippen LogP contribution in [0.2, 0.25) is 0 Å². The van der Waals surface area contributed by atoms with Gasteiger partial charge in [-0.25, -0.2) is 0 Å². The van der Waals surface area contributed by atoms with Crippen molar-refractivity contribution in [2.75, 3.05) is 7.11 Å². The van der Waals surface area contributed by atoms with Crippen LogP contribution in [0.3, 0.4) is 0 Å². The number of benzene rings is 2. The van der Waals surface area contributed by atoms with Gasteiger partial charge in [0.2, 0.25) is 5.82 Å². The molecule has 0 bridgehead atoms. The fourth-order valence-electron chi connectivity index (χ4n) is 2.42. The summed E-state index contributed by atoms with van der Waals surface area (Å²) in [7, 11) is 1.63. The highest BCUT2D eigenvalue weighted by atomic mass is 32.2. The first-order chi connectivity index (χ1) is 12.8. The van der Waals surface area contributed by atoms with Gasteiger partial charge in [0.1, 0.15) is 11.5 Å². The number of ether oxygens (including phenoxy) is 1. The van der Waals surface area contributed by atoms with Gasteiger partial charge in [-0.2, -0.15) is 4.98 Å². The van der Waals surface area contributed by atoms with Crippen molar-refractivity contribution < 1.29 is 13.7 Å². The van der Waals surface area contributed by atoms with Crippen LogP contribution in [0, 0.1) is 0 Å². The Hall–Kier alpha value is -2.99. The molecule has 0 saturated carbocycles. The van der Waals surface area contributed by atoms with Crippen LogP contribution >= 0.6 is 11.8 Å². The number of nitrogens with zero attached hydrogens (tertiary/aromatic N) is 2. The first kappa shape index (κ1) is 16.5. The molecule has 0 unspecified atom stereocenters. The first-order valence-corrected chi connectivity index (χ1v) is 9.05. The van der Waals surface area contributed by atoms with Crippen molar-refractivity contribution >= 4 is 11.8 Å². The first-order valence-electron chi connectivity index (χ1n) is 8.07. The van der Waals surface area contributed by atoms with Crippen LogP contribution in [0.4, 0.5) is 0 Å². The van der Waals surface area contributed by atoms with E-state index in [4.69, 9.17) is 13.7 Å². The topological polar surface area (TPSA) is 61.3 Å². The molecule has 0 radical (unpaired) electrons. The molecule has 0 amide bonds. The summed E-state index contributed by atoms with van der Waals surface area (Å²) in [4.78, 5) is 5.62. The van der Waals surface area contributed by atoms with Crippen LogP contribution in [0.5, 0.6) is 5.75 Å². The van der Waals surface area contributed by atoms with Crippen molar-refractivity contribution in [3.63, 3.8) is 0 Å². The van der Waals surface area contributed by atoms with Gasteiger partial charge in [0, 0.05) is 10.5 Å². The molecule has 0 fully saturated rings. The molecule has 0 aliphatic heterocycles. The van der Waals surface area contributed by atoms with Crippen molar-refractivity contribution in [3.05, 3.63) is 72.5 Å². The van der Waals surface area contributed by atoms with Gasteiger partial charge >= 0.3 is 0 Å². The molecule has 4 rings (SSSR count). The number of rotatable bonds is 6. The third-order valence-corrected chi connectivity index (χ3v) is 4.81. The fraction of sp³-hybridized carbons (Fsp3) is 0.100. The van der Waals surface area contributed by atoms with E-state index in [-0.39, 0.29) is 0 Å². The highest BCUT2D eigenvalue weighted by Crippen LogP contribution is 2.28. The van der Waals surface area contributed by atoms with Gasteiger partial charge in [0.15, 0.2) is 5.76 Å². The Labute approximate surface area is 155 Å². The lowest BCUT2D eigenvalue weighted by Gasteiger charge is -1.98. The van der Waals surface area contributed by atoms with Crippen LogP contribution in [-0.4, -0.2) is 17.3 Å². The Morgan fingerprint density at radius 2 is 1.77 bits per heavy atom. The summed E-state index contributed by atoms with van der Waals surface area (Å²) in [5, 5.41) is 4.03. The molecule has 0 aliphatic carbocycles. The average molecular weight is 364 g/mol. The molecule has 130 valence electrons. The van der Waals surface area contributed by atoms with Gasteiger partial charge in [-0.15, -0.1) is 11.8 Å². The van der Waals surface area contributed by atoms with E-state index in [0.717, 1.165) is 22.8 Å². The molecule has 2 aromatic carbocycles. The lowest BCUT2D eigenvalue weighted by molar-refractivity contribution is 0.413. The van der Waals surface area contributed by atoms with Gasteiger partial charge < -0.3 is 13.7 Å². The lowest BCUT2D eigenvalue weighted by Crippen LogP contribution is -1.84. The molecule has 0 saturated heterocycles. The Bertz CT molecular complexity index is 978. The zero-order valence-electron chi connectivity index (χ0n) is 14.1. The second-order valence-corrected chi connectivity index (χ2v) is 6.57. The average Bonchev–Trinajstić information content (AvgIpc) is 3.37. The fourth-order valence-corrected chi connectivity index (χ4v) is 3.24. The van der Waals surface area contributed by atoms with Gasteiger partial charge in [-0.05, 0) is 48.5 Å². The maximum absolute atomic E-state index is 5.84. The SMILES string of the molecule is COc1ccc(-c2noc(-c3ccc(CSc4ccccc4)o3)n2)cc1. The van der Waals surface area contributed by atoms with Crippen molar-refractivity contribution in [2.45, 2.75) is 10.6 Å². The quantitative estimate of drug-likeness (QED) is 0.433. The Kier molecular flexibility index (Phi) is 4.75. The van der Waals surface area contributed by atoms with Crippen molar-refractivity contribution in [3.8, 4) is 28.8 Å². The molecule has 26 heavy (non-hydrogen) atoms. The maximum Gasteiger partial charge on any atom is 0.293 e. The number of hydrogen-bond donors (Lipinski definition) is 0. The largest absolute Gasteiger partial charge is 0.497 e. The highest BCUT2D eigenvalue weighted by molar-refractivity contribution is 7.98. The van der Waals surface area contributed by atoms with Crippen molar-refractivity contribution in [1.82, 2.24) is 10.1 Å². The number of hydrogen-bond acceptors (Lipinski definition) is 6. The Morgan fingerprint density at radius 3 is 2.54 bits per heavy atom. The minimum absolute atomic E-state index is 0.367. The van der Waals surface area contributed by atoms with E-state index < -0.39 is 0 Å². The van der Waals surface area contributed by atoms with Crippen LogP contribution in [0.15, 0.2) is 80.6 Å². The maximum atomic E-state index is 5.84. The second-order valence-electron chi connectivity index (χ2n) is 5.52. The van der Waals surface area contributed by atoms with E-state index in [0.29, 0.717) is 17.5 Å². The van der Waals surface area contributed by atoms with Crippen LogP contribution in [0.1, 0.15) is 5.76 Å². The number of methoxy groups -OCH3 is 1. The monoisotopic (exact) mass is 364 g/mol. The van der Waals surface area contributed by atoms with Crippen LogP contribution < -0.4 is 4.74 Å². The summed E-state index contributed by atoms with van der Waals surface area (Å²) >= 11 is 1.72. The van der Waals surface area contributed by atoms with E-state index in [1.165, 1.54) is 4.90 Å². The van der Waals surface area contributed by atoms with E-state index in [1.807, 2.05) is 54.6 Å². The molecular formula is C20H16N2O3S. The third kappa shape index (κ3) is 3.65. The normalized spacial score (nSPS) is 10.8. The van der Waals surface area contributed by atoms with E-state index in [1.54, 1.807) is 18.9 Å². The minimum Gasteiger partial charge on any atom is -0.497 e. The second kappa shape index (κ2) is 7.49.